The van der Waals surface area contributed by atoms with Crippen molar-refractivity contribution in [3.8, 4) is 16.8 Å². The summed E-state index contributed by atoms with van der Waals surface area (Å²) in [6, 6.07) is 56.1. The van der Waals surface area contributed by atoms with Crippen LogP contribution in [0.4, 0.5) is 17.1 Å². The van der Waals surface area contributed by atoms with Gasteiger partial charge in [0.25, 0.3) is 0 Å². The third-order valence-corrected chi connectivity index (χ3v) is 7.15. The van der Waals surface area contributed by atoms with Gasteiger partial charge in [0.15, 0.2) is 0 Å². The van der Waals surface area contributed by atoms with E-state index in [9.17, 15) is 0 Å². The molecular weight excluding hydrogens is 460 g/mol. The van der Waals surface area contributed by atoms with E-state index in [1.807, 2.05) is 0 Å². The average molecular weight is 487 g/mol. The van der Waals surface area contributed by atoms with Crippen molar-refractivity contribution in [1.29, 1.82) is 0 Å². The summed E-state index contributed by atoms with van der Waals surface area (Å²) in [7, 11) is 0. The lowest BCUT2D eigenvalue weighted by atomic mass is 10.0. The van der Waals surface area contributed by atoms with Gasteiger partial charge in [-0.05, 0) is 71.8 Å². The molecule has 2 nitrogen and oxygen atoms in total. The third kappa shape index (κ3) is 3.84. The van der Waals surface area contributed by atoms with Crippen molar-refractivity contribution < 1.29 is 0 Å². The standard InChI is InChI=1S/C36H26N2/c1-3-15-29(16-4-1)37(30-17-5-2-6-18-30)31-19-11-13-27(25-31)28-14-12-20-32(26-28)38-35-23-9-7-21-33(35)34-22-8-10-24-36(34)38/h1-26H. The molecule has 0 N–H and O–H groups in total. The molecule has 0 fully saturated rings. The first-order chi connectivity index (χ1) is 18.9. The summed E-state index contributed by atoms with van der Waals surface area (Å²) in [6.07, 6.45) is 0. The number of para-hydroxylation sites is 4. The van der Waals surface area contributed by atoms with Crippen LogP contribution in [0.3, 0.4) is 0 Å². The summed E-state index contributed by atoms with van der Waals surface area (Å²) in [6.45, 7) is 0. The maximum atomic E-state index is 2.37. The fraction of sp³-hybridized carbons (Fsp3) is 0. The highest BCUT2D eigenvalue weighted by atomic mass is 15.1. The van der Waals surface area contributed by atoms with Crippen LogP contribution in [-0.4, -0.2) is 4.57 Å². The van der Waals surface area contributed by atoms with Crippen LogP contribution < -0.4 is 4.90 Å². The number of rotatable bonds is 5. The van der Waals surface area contributed by atoms with Gasteiger partial charge in [0.05, 0.1) is 11.0 Å². The van der Waals surface area contributed by atoms with Crippen LogP contribution in [0.2, 0.25) is 0 Å². The SMILES string of the molecule is c1ccc(N(c2ccccc2)c2cccc(-c3cccc(-n4c5ccccc5c5ccccc54)c3)c2)cc1. The molecule has 2 heteroatoms. The summed E-state index contributed by atoms with van der Waals surface area (Å²) in [5.74, 6) is 0. The first kappa shape index (κ1) is 22.1. The minimum Gasteiger partial charge on any atom is -0.310 e. The average Bonchev–Trinajstić information content (AvgIpc) is 3.33. The lowest BCUT2D eigenvalue weighted by Gasteiger charge is -2.26. The molecule has 0 saturated carbocycles. The van der Waals surface area contributed by atoms with E-state index in [0.29, 0.717) is 0 Å². The Morgan fingerprint density at radius 1 is 0.368 bits per heavy atom. The Labute approximate surface area is 222 Å². The predicted octanol–water partition coefficient (Wildman–Crippen LogP) is 9.92. The molecular formula is C36H26N2. The van der Waals surface area contributed by atoms with Crippen molar-refractivity contribution in [3.05, 3.63) is 158 Å². The van der Waals surface area contributed by atoms with E-state index in [4.69, 9.17) is 0 Å². The second-order valence-corrected chi connectivity index (χ2v) is 9.48. The van der Waals surface area contributed by atoms with Crippen LogP contribution >= 0.6 is 0 Å². The zero-order valence-corrected chi connectivity index (χ0v) is 20.9. The molecule has 180 valence electrons. The topological polar surface area (TPSA) is 8.17 Å². The van der Waals surface area contributed by atoms with Crippen LogP contribution in [0, 0.1) is 0 Å². The monoisotopic (exact) mass is 486 g/mol. The highest BCUT2D eigenvalue weighted by Gasteiger charge is 2.14. The van der Waals surface area contributed by atoms with E-state index >= 15 is 0 Å². The maximum absolute atomic E-state index is 2.37. The van der Waals surface area contributed by atoms with E-state index in [-0.39, 0.29) is 0 Å². The second-order valence-electron chi connectivity index (χ2n) is 9.48. The van der Waals surface area contributed by atoms with E-state index in [1.54, 1.807) is 0 Å². The molecule has 0 spiro atoms. The van der Waals surface area contributed by atoms with Crippen LogP contribution in [0.25, 0.3) is 38.6 Å². The molecule has 1 heterocycles. The quantitative estimate of drug-likeness (QED) is 0.235. The molecule has 0 unspecified atom stereocenters. The van der Waals surface area contributed by atoms with Crippen LogP contribution in [-0.2, 0) is 0 Å². The Balaban J connectivity index is 1.36. The predicted molar refractivity (Wildman–Crippen MR) is 161 cm³/mol. The van der Waals surface area contributed by atoms with Crippen molar-refractivity contribution >= 4 is 38.9 Å². The van der Waals surface area contributed by atoms with Crippen molar-refractivity contribution in [2.24, 2.45) is 0 Å². The third-order valence-electron chi connectivity index (χ3n) is 7.15. The molecule has 0 radical (unpaired) electrons. The fourth-order valence-electron chi connectivity index (χ4n) is 5.45. The Morgan fingerprint density at radius 2 is 0.842 bits per heavy atom. The summed E-state index contributed by atoms with van der Waals surface area (Å²) >= 11 is 0. The summed E-state index contributed by atoms with van der Waals surface area (Å²) in [5, 5.41) is 2.55. The molecule has 0 aliphatic carbocycles. The van der Waals surface area contributed by atoms with Gasteiger partial charge in [-0.3, -0.25) is 0 Å². The van der Waals surface area contributed by atoms with Gasteiger partial charge in [-0.25, -0.2) is 0 Å². The van der Waals surface area contributed by atoms with Crippen LogP contribution in [0.5, 0.6) is 0 Å². The van der Waals surface area contributed by atoms with E-state index in [1.165, 1.54) is 32.9 Å². The van der Waals surface area contributed by atoms with Gasteiger partial charge in [0, 0.05) is 33.5 Å². The van der Waals surface area contributed by atoms with Crippen LogP contribution in [0.15, 0.2) is 158 Å². The van der Waals surface area contributed by atoms with E-state index in [0.717, 1.165) is 22.7 Å². The van der Waals surface area contributed by atoms with Gasteiger partial charge in [0.1, 0.15) is 0 Å². The largest absolute Gasteiger partial charge is 0.310 e. The number of fused-ring (bicyclic) bond motifs is 3. The fourth-order valence-corrected chi connectivity index (χ4v) is 5.45. The Bertz CT molecular complexity index is 1770. The maximum Gasteiger partial charge on any atom is 0.0541 e. The number of nitrogens with zero attached hydrogens (tertiary/aromatic N) is 2. The molecule has 0 atom stereocenters. The number of hydrogen-bond acceptors (Lipinski definition) is 1. The lowest BCUT2D eigenvalue weighted by Crippen LogP contribution is -2.09. The second kappa shape index (κ2) is 9.42. The summed E-state index contributed by atoms with van der Waals surface area (Å²) < 4.78 is 2.37. The molecule has 7 rings (SSSR count). The number of hydrogen-bond donors (Lipinski definition) is 0. The van der Waals surface area contributed by atoms with Gasteiger partial charge in [-0.15, -0.1) is 0 Å². The summed E-state index contributed by atoms with van der Waals surface area (Å²) in [5.41, 5.74) is 9.37. The Hall–Kier alpha value is -5.08. The highest BCUT2D eigenvalue weighted by molar-refractivity contribution is 6.09. The zero-order valence-electron chi connectivity index (χ0n) is 20.9. The Kier molecular flexibility index (Phi) is 5.49. The van der Waals surface area contributed by atoms with Crippen molar-refractivity contribution in [2.75, 3.05) is 4.90 Å². The smallest absolute Gasteiger partial charge is 0.0541 e. The highest BCUT2D eigenvalue weighted by Crippen LogP contribution is 2.37. The number of aromatic nitrogens is 1. The van der Waals surface area contributed by atoms with Gasteiger partial charge in [-0.2, -0.15) is 0 Å². The van der Waals surface area contributed by atoms with Crippen LogP contribution in [0.1, 0.15) is 0 Å². The molecule has 0 bridgehead atoms. The van der Waals surface area contributed by atoms with E-state index in [2.05, 4.69) is 167 Å². The molecule has 0 aliphatic heterocycles. The molecule has 0 amide bonds. The molecule has 1 aromatic heterocycles. The van der Waals surface area contributed by atoms with Gasteiger partial charge in [0.2, 0.25) is 0 Å². The zero-order chi connectivity index (χ0) is 25.3. The minimum absolute atomic E-state index is 1.13. The normalized spacial score (nSPS) is 11.2. The first-order valence-corrected chi connectivity index (χ1v) is 13.0. The number of benzene rings is 6. The molecule has 7 aromatic rings. The molecule has 6 aromatic carbocycles. The minimum atomic E-state index is 1.13. The van der Waals surface area contributed by atoms with Gasteiger partial charge < -0.3 is 9.47 Å². The lowest BCUT2D eigenvalue weighted by molar-refractivity contribution is 1.18. The van der Waals surface area contributed by atoms with Crippen molar-refractivity contribution in [2.45, 2.75) is 0 Å². The van der Waals surface area contributed by atoms with Crippen molar-refractivity contribution in [1.82, 2.24) is 4.57 Å². The summed E-state index contributed by atoms with van der Waals surface area (Å²) in [4.78, 5) is 2.31. The van der Waals surface area contributed by atoms with Gasteiger partial charge >= 0.3 is 0 Å². The van der Waals surface area contributed by atoms with E-state index < -0.39 is 0 Å². The first-order valence-electron chi connectivity index (χ1n) is 13.0. The molecule has 38 heavy (non-hydrogen) atoms. The molecule has 0 aliphatic rings. The van der Waals surface area contributed by atoms with Crippen molar-refractivity contribution in [3.63, 3.8) is 0 Å². The van der Waals surface area contributed by atoms with Gasteiger partial charge in [-0.1, -0.05) is 97.1 Å². The Morgan fingerprint density at radius 3 is 1.45 bits per heavy atom. The number of anilines is 3. The molecule has 0 saturated heterocycles.